The topological polar surface area (TPSA) is 36.4 Å². The fraction of sp³-hybridized carbons (Fsp3) is 0.625. The third kappa shape index (κ3) is 3.22. The number of aryl methyl sites for hydroxylation is 1. The second-order valence-corrected chi connectivity index (χ2v) is 6.35. The maximum absolute atomic E-state index is 12.6. The Hall–Kier alpha value is -1.13. The van der Waals surface area contributed by atoms with E-state index in [2.05, 4.69) is 9.88 Å². The molecule has 1 aromatic rings. The fourth-order valence-electron chi connectivity index (χ4n) is 3.37. The molecule has 4 nitrogen and oxygen atoms in total. The van der Waals surface area contributed by atoms with Gasteiger partial charge in [-0.05, 0) is 50.9 Å². The molecule has 0 spiro atoms. The number of halogens is 1. The molecule has 2 aliphatic rings. The molecule has 3 rings (SSSR count). The second-order valence-electron chi connectivity index (χ2n) is 5.96. The highest BCUT2D eigenvalue weighted by atomic mass is 35.5. The van der Waals surface area contributed by atoms with Crippen molar-refractivity contribution in [2.24, 2.45) is 0 Å². The van der Waals surface area contributed by atoms with Crippen molar-refractivity contribution < 1.29 is 4.79 Å². The maximum atomic E-state index is 12.6. The molecule has 0 radical (unpaired) electrons. The number of aromatic nitrogens is 1. The van der Waals surface area contributed by atoms with Gasteiger partial charge in [-0.2, -0.15) is 0 Å². The first-order chi connectivity index (χ1) is 10.2. The standard InChI is InChI=1S/C16H22ClN3O/c1-2-13-9-12(10-15(17)18-13)16(21)20-8-5-14(11-20)19-6-3-4-7-19/h9-10,14H,2-8,11H2,1H3. The van der Waals surface area contributed by atoms with E-state index in [1.807, 2.05) is 17.9 Å². The number of rotatable bonds is 3. The number of hydrogen-bond acceptors (Lipinski definition) is 3. The van der Waals surface area contributed by atoms with Crippen molar-refractivity contribution in [1.29, 1.82) is 0 Å². The molecule has 0 aromatic carbocycles. The summed E-state index contributed by atoms with van der Waals surface area (Å²) < 4.78 is 0. The van der Waals surface area contributed by atoms with Crippen LogP contribution in [0, 0.1) is 0 Å². The van der Waals surface area contributed by atoms with Gasteiger partial charge < -0.3 is 4.90 Å². The van der Waals surface area contributed by atoms with Crippen LogP contribution in [0.2, 0.25) is 5.15 Å². The van der Waals surface area contributed by atoms with E-state index in [1.54, 1.807) is 6.07 Å². The summed E-state index contributed by atoms with van der Waals surface area (Å²) in [4.78, 5) is 21.4. The summed E-state index contributed by atoms with van der Waals surface area (Å²) in [5.74, 6) is 0.0932. The van der Waals surface area contributed by atoms with E-state index in [9.17, 15) is 4.79 Å². The molecule has 1 unspecified atom stereocenters. The van der Waals surface area contributed by atoms with Crippen LogP contribution in [-0.4, -0.2) is 52.9 Å². The van der Waals surface area contributed by atoms with Gasteiger partial charge in [-0.1, -0.05) is 18.5 Å². The van der Waals surface area contributed by atoms with Crippen molar-refractivity contribution in [1.82, 2.24) is 14.8 Å². The highest BCUT2D eigenvalue weighted by Crippen LogP contribution is 2.22. The van der Waals surface area contributed by atoms with Gasteiger partial charge in [-0.15, -0.1) is 0 Å². The van der Waals surface area contributed by atoms with Gasteiger partial charge in [0, 0.05) is 30.4 Å². The first-order valence-corrected chi connectivity index (χ1v) is 8.25. The van der Waals surface area contributed by atoms with Crippen molar-refractivity contribution in [2.75, 3.05) is 26.2 Å². The minimum absolute atomic E-state index is 0.0932. The third-order valence-corrected chi connectivity index (χ3v) is 4.76. The molecule has 0 saturated carbocycles. The van der Waals surface area contributed by atoms with E-state index in [0.29, 0.717) is 16.8 Å². The van der Waals surface area contributed by atoms with Crippen LogP contribution in [-0.2, 0) is 6.42 Å². The van der Waals surface area contributed by atoms with Crippen molar-refractivity contribution in [3.8, 4) is 0 Å². The van der Waals surface area contributed by atoms with Crippen LogP contribution >= 0.6 is 11.6 Å². The molecule has 2 saturated heterocycles. The van der Waals surface area contributed by atoms with Crippen LogP contribution in [0.25, 0.3) is 0 Å². The van der Waals surface area contributed by atoms with Gasteiger partial charge in [-0.3, -0.25) is 9.69 Å². The quantitative estimate of drug-likeness (QED) is 0.805. The summed E-state index contributed by atoms with van der Waals surface area (Å²) >= 11 is 6.02. The Labute approximate surface area is 131 Å². The molecule has 21 heavy (non-hydrogen) atoms. The molecular weight excluding hydrogens is 286 g/mol. The normalized spacial score (nSPS) is 23.0. The van der Waals surface area contributed by atoms with Crippen LogP contribution in [0.3, 0.4) is 0 Å². The average molecular weight is 308 g/mol. The van der Waals surface area contributed by atoms with Crippen molar-refractivity contribution in [2.45, 2.75) is 38.6 Å². The molecule has 3 heterocycles. The Morgan fingerprint density at radius 3 is 2.81 bits per heavy atom. The molecule has 1 atom stereocenters. The van der Waals surface area contributed by atoms with Gasteiger partial charge >= 0.3 is 0 Å². The molecular formula is C16H22ClN3O. The van der Waals surface area contributed by atoms with Crippen molar-refractivity contribution in [3.05, 3.63) is 28.5 Å². The van der Waals surface area contributed by atoms with E-state index < -0.39 is 0 Å². The van der Waals surface area contributed by atoms with Gasteiger partial charge in [0.15, 0.2) is 0 Å². The van der Waals surface area contributed by atoms with E-state index in [0.717, 1.165) is 31.6 Å². The number of nitrogens with zero attached hydrogens (tertiary/aromatic N) is 3. The summed E-state index contributed by atoms with van der Waals surface area (Å²) in [5.41, 5.74) is 1.55. The predicted octanol–water partition coefficient (Wildman–Crippen LogP) is 2.61. The Bertz CT molecular complexity index is 528. The maximum Gasteiger partial charge on any atom is 0.254 e. The largest absolute Gasteiger partial charge is 0.337 e. The number of carbonyl (C=O) groups excluding carboxylic acids is 1. The van der Waals surface area contributed by atoms with Gasteiger partial charge in [-0.25, -0.2) is 4.98 Å². The zero-order valence-electron chi connectivity index (χ0n) is 12.5. The summed E-state index contributed by atoms with van der Waals surface area (Å²) in [5, 5.41) is 0.410. The van der Waals surface area contributed by atoms with E-state index in [-0.39, 0.29) is 5.91 Å². The second kappa shape index (κ2) is 6.32. The summed E-state index contributed by atoms with van der Waals surface area (Å²) in [6.45, 7) is 6.09. The number of pyridine rings is 1. The zero-order chi connectivity index (χ0) is 14.8. The summed E-state index contributed by atoms with van der Waals surface area (Å²) in [7, 11) is 0. The number of hydrogen-bond donors (Lipinski definition) is 0. The molecule has 0 aliphatic carbocycles. The molecule has 2 fully saturated rings. The lowest BCUT2D eigenvalue weighted by Gasteiger charge is -2.23. The van der Waals surface area contributed by atoms with Crippen LogP contribution in [0.15, 0.2) is 12.1 Å². The van der Waals surface area contributed by atoms with E-state index >= 15 is 0 Å². The molecule has 114 valence electrons. The third-order valence-electron chi connectivity index (χ3n) is 4.56. The fourth-order valence-corrected chi connectivity index (χ4v) is 3.60. The SMILES string of the molecule is CCc1cc(C(=O)N2CCC(N3CCCC3)C2)cc(Cl)n1. The van der Waals surface area contributed by atoms with Crippen molar-refractivity contribution >= 4 is 17.5 Å². The van der Waals surface area contributed by atoms with Gasteiger partial charge in [0.1, 0.15) is 5.15 Å². The number of carbonyl (C=O) groups is 1. The van der Waals surface area contributed by atoms with E-state index in [4.69, 9.17) is 11.6 Å². The van der Waals surface area contributed by atoms with Crippen molar-refractivity contribution in [3.63, 3.8) is 0 Å². The summed E-state index contributed by atoms with van der Waals surface area (Å²) in [6, 6.07) is 4.10. The average Bonchev–Trinajstić information content (AvgIpc) is 3.16. The molecule has 1 amide bonds. The summed E-state index contributed by atoms with van der Waals surface area (Å²) in [6.07, 6.45) is 4.47. The highest BCUT2D eigenvalue weighted by Gasteiger charge is 2.32. The van der Waals surface area contributed by atoms with Gasteiger partial charge in [0.05, 0.1) is 0 Å². The monoisotopic (exact) mass is 307 g/mol. The lowest BCUT2D eigenvalue weighted by Crippen LogP contribution is -2.37. The molecule has 0 bridgehead atoms. The molecule has 0 N–H and O–H groups in total. The highest BCUT2D eigenvalue weighted by molar-refractivity contribution is 6.29. The lowest BCUT2D eigenvalue weighted by molar-refractivity contribution is 0.0780. The Morgan fingerprint density at radius 2 is 2.10 bits per heavy atom. The first-order valence-electron chi connectivity index (χ1n) is 7.87. The number of likely N-dealkylation sites (tertiary alicyclic amines) is 2. The van der Waals surface area contributed by atoms with Crippen LogP contribution in [0.4, 0.5) is 0 Å². The minimum Gasteiger partial charge on any atom is -0.337 e. The van der Waals surface area contributed by atoms with E-state index in [1.165, 1.54) is 25.9 Å². The van der Waals surface area contributed by atoms with Gasteiger partial charge in [0.2, 0.25) is 0 Å². The molecule has 1 aromatic heterocycles. The van der Waals surface area contributed by atoms with Crippen LogP contribution < -0.4 is 0 Å². The Morgan fingerprint density at radius 1 is 1.33 bits per heavy atom. The minimum atomic E-state index is 0.0932. The zero-order valence-corrected chi connectivity index (χ0v) is 13.3. The molecule has 5 heteroatoms. The molecule has 2 aliphatic heterocycles. The number of amides is 1. The Balaban J connectivity index is 1.69. The van der Waals surface area contributed by atoms with Crippen LogP contribution in [0.1, 0.15) is 42.2 Å². The van der Waals surface area contributed by atoms with Crippen LogP contribution in [0.5, 0.6) is 0 Å². The predicted molar refractivity (Wildman–Crippen MR) is 83.7 cm³/mol. The lowest BCUT2D eigenvalue weighted by atomic mass is 10.2. The Kier molecular flexibility index (Phi) is 4.45. The smallest absolute Gasteiger partial charge is 0.254 e. The first kappa shape index (κ1) is 14.8. The van der Waals surface area contributed by atoms with Gasteiger partial charge in [0.25, 0.3) is 5.91 Å².